The van der Waals surface area contributed by atoms with Gasteiger partial charge in [0.05, 0.1) is 42.0 Å². The average Bonchev–Trinajstić information content (AvgIpc) is 3.37. The van der Waals surface area contributed by atoms with Gasteiger partial charge in [0.2, 0.25) is 5.91 Å². The summed E-state index contributed by atoms with van der Waals surface area (Å²) in [5.41, 5.74) is -2.83. The molecule has 4 aliphatic heterocycles. The fourth-order valence-electron chi connectivity index (χ4n) is 8.86. The minimum Gasteiger partial charge on any atom is -0.489 e. The van der Waals surface area contributed by atoms with E-state index in [4.69, 9.17) is 28.4 Å². The summed E-state index contributed by atoms with van der Waals surface area (Å²) >= 11 is 0. The Morgan fingerprint density at radius 3 is 2.20 bits per heavy atom. The van der Waals surface area contributed by atoms with Crippen LogP contribution in [0.5, 0.6) is 0 Å². The van der Waals surface area contributed by atoms with Crippen LogP contribution in [0.25, 0.3) is 0 Å². The monoisotopic (exact) mass is 714 g/mol. The molecule has 0 aromatic carbocycles. The lowest BCUT2D eigenvalue weighted by atomic mass is 9.78. The van der Waals surface area contributed by atoms with E-state index < -0.39 is 89.8 Å². The molecular weight excluding hydrogens is 648 g/mol. The molecule has 4 heterocycles. The standard InChI is InChI=1S/C37H66N2O11/c1-14-25-37(10,44)30(41)20(4)28-18(2)16-36(9,50-28)32(49-34-27(40)24(39(11)12)15-19(3)46-34)21(5)29(22(6)33(43)38-25)48-26-17-35(8,45-13)31(42)23(7)47-26/h19-27,29-32,34,40-42,44H,14-17H2,1-13H3,(H,38,43)/t19-,20+,21+,22-,23+,24+,25-,26+,27-,29+,30-,31+,32-,34+,35-,36-,37-/m1/s1. The maximum Gasteiger partial charge on any atom is 0.225 e. The Morgan fingerprint density at radius 2 is 1.62 bits per heavy atom. The quantitative estimate of drug-likeness (QED) is 0.262. The molecule has 5 N–H and O–H groups in total. The Bertz CT molecular complexity index is 1220. The van der Waals surface area contributed by atoms with Gasteiger partial charge in [-0.15, -0.1) is 0 Å². The molecule has 13 nitrogen and oxygen atoms in total. The number of rotatable bonds is 7. The van der Waals surface area contributed by atoms with E-state index in [0.717, 1.165) is 5.57 Å². The maximum absolute atomic E-state index is 14.2. The Kier molecular flexibility index (Phi) is 12.8. The van der Waals surface area contributed by atoms with Crippen LogP contribution in [0.3, 0.4) is 0 Å². The van der Waals surface area contributed by atoms with Crippen LogP contribution in [-0.2, 0) is 33.2 Å². The Labute approximate surface area is 298 Å². The van der Waals surface area contributed by atoms with Crippen molar-refractivity contribution in [1.82, 2.24) is 10.2 Å². The summed E-state index contributed by atoms with van der Waals surface area (Å²) in [4.78, 5) is 16.2. The molecule has 0 saturated carbocycles. The summed E-state index contributed by atoms with van der Waals surface area (Å²) in [6.45, 7) is 18.3. The first-order valence-corrected chi connectivity index (χ1v) is 18.4. The summed E-state index contributed by atoms with van der Waals surface area (Å²) in [6.07, 6.45) is -5.95. The van der Waals surface area contributed by atoms with Crippen LogP contribution in [0.4, 0.5) is 0 Å². The van der Waals surface area contributed by atoms with Gasteiger partial charge in [-0.1, -0.05) is 27.7 Å². The van der Waals surface area contributed by atoms with Gasteiger partial charge >= 0.3 is 0 Å². The molecule has 3 saturated heterocycles. The van der Waals surface area contributed by atoms with Crippen molar-refractivity contribution in [2.45, 2.75) is 179 Å². The predicted molar refractivity (Wildman–Crippen MR) is 186 cm³/mol. The van der Waals surface area contributed by atoms with Crippen molar-refractivity contribution in [3.05, 3.63) is 11.3 Å². The molecule has 4 aliphatic rings. The molecule has 0 aromatic rings. The van der Waals surface area contributed by atoms with Gasteiger partial charge in [-0.05, 0) is 74.1 Å². The van der Waals surface area contributed by atoms with Crippen LogP contribution in [0.2, 0.25) is 0 Å². The number of ether oxygens (including phenoxy) is 6. The van der Waals surface area contributed by atoms with Gasteiger partial charge in [0.1, 0.15) is 35.3 Å². The number of fused-ring (bicyclic) bond motifs is 2. The van der Waals surface area contributed by atoms with E-state index in [-0.39, 0.29) is 24.5 Å². The number of hydrogen-bond donors (Lipinski definition) is 5. The normalized spacial score (nSPS) is 49.5. The van der Waals surface area contributed by atoms with E-state index >= 15 is 0 Å². The predicted octanol–water partition coefficient (Wildman–Crippen LogP) is 2.47. The van der Waals surface area contributed by atoms with Gasteiger partial charge in [0.25, 0.3) is 0 Å². The van der Waals surface area contributed by atoms with Gasteiger partial charge in [0, 0.05) is 37.8 Å². The van der Waals surface area contributed by atoms with Crippen molar-refractivity contribution in [2.24, 2.45) is 17.8 Å². The summed E-state index contributed by atoms with van der Waals surface area (Å²) in [6, 6.07) is -1.02. The van der Waals surface area contributed by atoms with Crippen molar-refractivity contribution >= 4 is 5.91 Å². The highest BCUT2D eigenvalue weighted by atomic mass is 16.7. The molecule has 290 valence electrons. The fourth-order valence-corrected chi connectivity index (χ4v) is 8.86. The number of nitrogens with one attached hydrogen (secondary N) is 1. The molecule has 1 amide bonds. The lowest BCUT2D eigenvalue weighted by Gasteiger charge is -2.48. The molecule has 0 aliphatic carbocycles. The van der Waals surface area contributed by atoms with Crippen molar-refractivity contribution in [1.29, 1.82) is 0 Å². The minimum atomic E-state index is -1.71. The molecule has 4 rings (SSSR count). The summed E-state index contributed by atoms with van der Waals surface area (Å²) < 4.78 is 38.7. The minimum absolute atomic E-state index is 0.194. The number of aliphatic hydroxyl groups is 4. The third-order valence-electron chi connectivity index (χ3n) is 12.1. The zero-order valence-electron chi connectivity index (χ0n) is 32.5. The third kappa shape index (κ3) is 7.93. The van der Waals surface area contributed by atoms with Gasteiger partial charge in [-0.25, -0.2) is 0 Å². The summed E-state index contributed by atoms with van der Waals surface area (Å²) in [5, 5.41) is 49.0. The smallest absolute Gasteiger partial charge is 0.225 e. The molecule has 17 atom stereocenters. The van der Waals surface area contributed by atoms with Crippen LogP contribution >= 0.6 is 0 Å². The van der Waals surface area contributed by atoms with Gasteiger partial charge < -0.3 is 59.1 Å². The van der Waals surface area contributed by atoms with E-state index in [1.165, 1.54) is 14.0 Å². The third-order valence-corrected chi connectivity index (χ3v) is 12.1. The topological polar surface area (TPSA) is 169 Å². The SMILES string of the molecule is CC[C@H]1NC(=O)[C@H](C)[C@@H](O[C@H]2C[C@@](C)(OC)[C@@H](O)[C@H](C)O2)[C@H](C)[C@@H](O[C@@H]2O[C@H](C)C[C@H](N(C)C)[C@H]2O)[C@@]2(C)CC(C)=C(O2)[C@H](C)[C@@H](O)[C@]1(C)O. The van der Waals surface area contributed by atoms with E-state index in [0.29, 0.717) is 25.0 Å². The number of aliphatic hydroxyl groups excluding tert-OH is 3. The summed E-state index contributed by atoms with van der Waals surface area (Å²) in [7, 11) is 5.36. The fraction of sp³-hybridized carbons (Fsp3) is 0.919. The first-order chi connectivity index (χ1) is 23.1. The Morgan fingerprint density at radius 1 is 0.980 bits per heavy atom. The number of nitrogens with zero attached hydrogens (tertiary/aromatic N) is 1. The molecule has 0 unspecified atom stereocenters. The number of carbonyl (C=O) groups is 1. The molecule has 2 bridgehead atoms. The maximum atomic E-state index is 14.2. The van der Waals surface area contributed by atoms with Gasteiger partial charge in [-0.2, -0.15) is 0 Å². The second-order valence-electron chi connectivity index (χ2n) is 16.5. The van der Waals surface area contributed by atoms with E-state index in [1.54, 1.807) is 20.8 Å². The highest BCUT2D eigenvalue weighted by Crippen LogP contribution is 2.47. The molecule has 0 aromatic heterocycles. The number of amides is 1. The van der Waals surface area contributed by atoms with Gasteiger partial charge in [0.15, 0.2) is 12.6 Å². The molecule has 3 fully saturated rings. The first-order valence-electron chi connectivity index (χ1n) is 18.4. The van der Waals surface area contributed by atoms with E-state index in [1.807, 2.05) is 60.5 Å². The number of carbonyl (C=O) groups excluding carboxylic acids is 1. The van der Waals surface area contributed by atoms with Crippen molar-refractivity contribution in [2.75, 3.05) is 21.2 Å². The second kappa shape index (κ2) is 15.5. The summed E-state index contributed by atoms with van der Waals surface area (Å²) in [5.74, 6) is -1.85. The number of methoxy groups -OCH3 is 1. The second-order valence-corrected chi connectivity index (χ2v) is 16.5. The van der Waals surface area contributed by atoms with Crippen LogP contribution in [0, 0.1) is 17.8 Å². The van der Waals surface area contributed by atoms with E-state index in [9.17, 15) is 25.2 Å². The Balaban J connectivity index is 1.84. The lowest BCUT2D eigenvalue weighted by Crippen LogP contribution is -2.61. The molecular formula is C37H66N2O11. The highest BCUT2D eigenvalue weighted by molar-refractivity contribution is 5.79. The number of likely N-dealkylation sites (N-methyl/N-ethyl adjacent to an activating group) is 1. The Hall–Kier alpha value is -1.39. The zero-order chi connectivity index (χ0) is 37.7. The van der Waals surface area contributed by atoms with Crippen LogP contribution < -0.4 is 5.32 Å². The van der Waals surface area contributed by atoms with Crippen LogP contribution in [-0.4, -0.2) is 137 Å². The molecule has 0 radical (unpaired) electrons. The lowest BCUT2D eigenvalue weighted by molar-refractivity contribution is -0.316. The van der Waals surface area contributed by atoms with Crippen LogP contribution in [0.1, 0.15) is 94.9 Å². The number of hydrogen-bond acceptors (Lipinski definition) is 12. The molecule has 13 heteroatoms. The van der Waals surface area contributed by atoms with E-state index in [2.05, 4.69) is 5.32 Å². The molecule has 50 heavy (non-hydrogen) atoms. The largest absolute Gasteiger partial charge is 0.489 e. The zero-order valence-corrected chi connectivity index (χ0v) is 32.5. The molecule has 0 spiro atoms. The highest BCUT2D eigenvalue weighted by Gasteiger charge is 2.55. The average molecular weight is 715 g/mol. The van der Waals surface area contributed by atoms with Crippen LogP contribution in [0.15, 0.2) is 11.3 Å². The van der Waals surface area contributed by atoms with Crippen molar-refractivity contribution in [3.63, 3.8) is 0 Å². The first kappa shape index (κ1) is 41.4. The van der Waals surface area contributed by atoms with Crippen molar-refractivity contribution < 1.29 is 53.6 Å². The van der Waals surface area contributed by atoms with Crippen molar-refractivity contribution in [3.8, 4) is 0 Å². The van der Waals surface area contributed by atoms with Gasteiger partial charge in [-0.3, -0.25) is 4.79 Å².